The maximum atomic E-state index is 10.4. The summed E-state index contributed by atoms with van der Waals surface area (Å²) in [6.45, 7) is 0. The van der Waals surface area contributed by atoms with Crippen LogP contribution in [0.1, 0.15) is 12.0 Å². The highest BCUT2D eigenvalue weighted by Crippen LogP contribution is 2.16. The van der Waals surface area contributed by atoms with Crippen LogP contribution in [0.4, 0.5) is 0 Å². The summed E-state index contributed by atoms with van der Waals surface area (Å²) >= 11 is 9.00. The number of pyridine rings is 1. The van der Waals surface area contributed by atoms with Gasteiger partial charge in [0.15, 0.2) is 0 Å². The van der Waals surface area contributed by atoms with Crippen LogP contribution in [0.5, 0.6) is 0 Å². The lowest BCUT2D eigenvalue weighted by Crippen LogP contribution is -2.08. The average Bonchev–Trinajstić information content (AvgIpc) is 2.10. The second kappa shape index (κ2) is 4.99. The first-order valence-corrected chi connectivity index (χ1v) is 4.85. The van der Waals surface area contributed by atoms with Crippen LogP contribution in [0.25, 0.3) is 0 Å². The third-order valence-corrected chi connectivity index (χ3v) is 2.03. The van der Waals surface area contributed by atoms with E-state index in [2.05, 4.69) is 32.8 Å². The summed E-state index contributed by atoms with van der Waals surface area (Å²) < 4.78 is 0.783. The van der Waals surface area contributed by atoms with Crippen LogP contribution in [0.2, 0.25) is 5.15 Å². The molecule has 0 spiro atoms. The van der Waals surface area contributed by atoms with Crippen molar-refractivity contribution in [3.8, 4) is 11.8 Å². The fraction of sp³-hybridized carbons (Fsp3) is 0.111. The van der Waals surface area contributed by atoms with E-state index in [0.717, 1.165) is 4.47 Å². The summed E-state index contributed by atoms with van der Waals surface area (Å²) in [5.41, 5.74) is 5.50. The summed E-state index contributed by atoms with van der Waals surface area (Å²) in [6, 6.07) is 1.73. The number of rotatable bonds is 1. The highest BCUT2D eigenvalue weighted by Gasteiger charge is 1.98. The molecule has 1 amide bonds. The van der Waals surface area contributed by atoms with Gasteiger partial charge in [-0.25, -0.2) is 4.98 Å². The van der Waals surface area contributed by atoms with E-state index in [4.69, 9.17) is 17.3 Å². The van der Waals surface area contributed by atoms with E-state index in [-0.39, 0.29) is 6.42 Å². The van der Waals surface area contributed by atoms with Gasteiger partial charge in [-0.05, 0) is 22.0 Å². The predicted molar refractivity (Wildman–Crippen MR) is 57.6 cm³/mol. The number of aromatic nitrogens is 1. The van der Waals surface area contributed by atoms with Crippen LogP contribution < -0.4 is 5.73 Å². The fourth-order valence-corrected chi connectivity index (χ4v) is 1.22. The van der Waals surface area contributed by atoms with Gasteiger partial charge in [0.2, 0.25) is 5.91 Å². The summed E-state index contributed by atoms with van der Waals surface area (Å²) in [5, 5.41) is 0.310. The number of amides is 1. The summed E-state index contributed by atoms with van der Waals surface area (Å²) in [7, 11) is 0. The third kappa shape index (κ3) is 3.36. The van der Waals surface area contributed by atoms with E-state index in [0.29, 0.717) is 10.7 Å². The molecule has 0 aromatic carbocycles. The van der Waals surface area contributed by atoms with E-state index < -0.39 is 5.91 Å². The van der Waals surface area contributed by atoms with Gasteiger partial charge in [-0.1, -0.05) is 23.4 Å². The molecule has 14 heavy (non-hydrogen) atoms. The lowest BCUT2D eigenvalue weighted by atomic mass is 10.3. The Labute approximate surface area is 94.8 Å². The van der Waals surface area contributed by atoms with Crippen molar-refractivity contribution >= 4 is 33.4 Å². The van der Waals surface area contributed by atoms with Gasteiger partial charge >= 0.3 is 0 Å². The molecule has 0 radical (unpaired) electrons. The molecule has 0 aliphatic carbocycles. The standard InChI is InChI=1S/C9H6BrClN2O/c10-7-4-6(9(11)13-5-7)2-1-3-8(12)14/h4-5H,3H2,(H2,12,14). The number of carbonyl (C=O) groups excluding carboxylic acids is 1. The number of halogens is 2. The van der Waals surface area contributed by atoms with Crippen molar-refractivity contribution < 1.29 is 4.79 Å². The van der Waals surface area contributed by atoms with E-state index in [1.165, 1.54) is 0 Å². The first kappa shape index (κ1) is 11.0. The molecule has 0 aliphatic heterocycles. The van der Waals surface area contributed by atoms with Crippen molar-refractivity contribution in [1.82, 2.24) is 4.98 Å². The molecule has 1 heterocycles. The molecular weight excluding hydrogens is 267 g/mol. The van der Waals surface area contributed by atoms with Crippen LogP contribution >= 0.6 is 27.5 Å². The molecule has 0 saturated carbocycles. The molecule has 3 nitrogen and oxygen atoms in total. The van der Waals surface area contributed by atoms with Gasteiger partial charge in [-0.2, -0.15) is 0 Å². The van der Waals surface area contributed by atoms with Crippen LogP contribution in [-0.4, -0.2) is 10.9 Å². The molecule has 5 heteroatoms. The van der Waals surface area contributed by atoms with E-state index >= 15 is 0 Å². The molecule has 1 aromatic rings. The zero-order valence-corrected chi connectivity index (χ0v) is 9.39. The number of primary amides is 1. The lowest BCUT2D eigenvalue weighted by Gasteiger charge is -1.94. The van der Waals surface area contributed by atoms with Crippen molar-refractivity contribution in [2.45, 2.75) is 6.42 Å². The Balaban J connectivity index is 2.88. The zero-order chi connectivity index (χ0) is 10.6. The van der Waals surface area contributed by atoms with Crippen molar-refractivity contribution in [3.05, 3.63) is 27.5 Å². The normalized spacial score (nSPS) is 9.00. The fourth-order valence-electron chi connectivity index (χ4n) is 0.737. The van der Waals surface area contributed by atoms with Gasteiger partial charge < -0.3 is 5.73 Å². The van der Waals surface area contributed by atoms with E-state index in [1.54, 1.807) is 12.3 Å². The lowest BCUT2D eigenvalue weighted by molar-refractivity contribution is -0.117. The minimum Gasteiger partial charge on any atom is -0.369 e. The topological polar surface area (TPSA) is 56.0 Å². The van der Waals surface area contributed by atoms with Gasteiger partial charge in [0.05, 0.1) is 12.0 Å². The van der Waals surface area contributed by atoms with Crippen molar-refractivity contribution in [2.75, 3.05) is 0 Å². The predicted octanol–water partition coefficient (Wildman–Crippen LogP) is 1.72. The first-order chi connectivity index (χ1) is 6.59. The Morgan fingerprint density at radius 1 is 1.71 bits per heavy atom. The van der Waals surface area contributed by atoms with Crippen molar-refractivity contribution in [3.63, 3.8) is 0 Å². The number of hydrogen-bond acceptors (Lipinski definition) is 2. The Hall–Kier alpha value is -1.05. The monoisotopic (exact) mass is 272 g/mol. The van der Waals surface area contributed by atoms with Crippen molar-refractivity contribution in [2.24, 2.45) is 5.73 Å². The number of nitrogens with zero attached hydrogens (tertiary/aromatic N) is 1. The van der Waals surface area contributed by atoms with Gasteiger partial charge in [0, 0.05) is 10.7 Å². The molecule has 72 valence electrons. The van der Waals surface area contributed by atoms with Gasteiger partial charge in [0.25, 0.3) is 0 Å². The van der Waals surface area contributed by atoms with Gasteiger partial charge in [0.1, 0.15) is 5.15 Å². The van der Waals surface area contributed by atoms with Crippen LogP contribution in [0, 0.1) is 11.8 Å². The molecule has 1 rings (SSSR count). The molecule has 0 fully saturated rings. The number of carbonyl (C=O) groups is 1. The Bertz CT molecular complexity index is 423. The summed E-state index contributed by atoms with van der Waals surface area (Å²) in [5.74, 6) is 4.85. The Morgan fingerprint density at radius 2 is 2.43 bits per heavy atom. The SMILES string of the molecule is NC(=O)CC#Cc1cc(Br)cnc1Cl. The van der Waals surface area contributed by atoms with Gasteiger partial charge in [-0.3, -0.25) is 4.79 Å². The molecule has 0 aliphatic rings. The zero-order valence-electron chi connectivity index (χ0n) is 7.05. The van der Waals surface area contributed by atoms with Gasteiger partial charge in [-0.15, -0.1) is 0 Å². The summed E-state index contributed by atoms with van der Waals surface area (Å²) in [6.07, 6.45) is 1.59. The molecule has 0 unspecified atom stereocenters. The van der Waals surface area contributed by atoms with Crippen LogP contribution in [-0.2, 0) is 4.79 Å². The average molecular weight is 274 g/mol. The highest BCUT2D eigenvalue weighted by molar-refractivity contribution is 9.10. The summed E-state index contributed by atoms with van der Waals surface area (Å²) in [4.78, 5) is 14.3. The minimum absolute atomic E-state index is 0.0167. The number of nitrogens with two attached hydrogens (primary N) is 1. The first-order valence-electron chi connectivity index (χ1n) is 3.68. The highest BCUT2D eigenvalue weighted by atomic mass is 79.9. The maximum absolute atomic E-state index is 10.4. The molecular formula is C9H6BrClN2O. The minimum atomic E-state index is -0.462. The Kier molecular flexibility index (Phi) is 3.93. The number of hydrogen-bond donors (Lipinski definition) is 1. The molecule has 0 saturated heterocycles. The van der Waals surface area contributed by atoms with Crippen molar-refractivity contribution in [1.29, 1.82) is 0 Å². The smallest absolute Gasteiger partial charge is 0.229 e. The van der Waals surface area contributed by atoms with E-state index in [9.17, 15) is 4.79 Å². The second-order valence-corrected chi connectivity index (χ2v) is 3.71. The second-order valence-electron chi connectivity index (χ2n) is 2.44. The molecule has 1 aromatic heterocycles. The third-order valence-electron chi connectivity index (χ3n) is 1.29. The van der Waals surface area contributed by atoms with Crippen LogP contribution in [0.3, 0.4) is 0 Å². The molecule has 0 atom stereocenters. The van der Waals surface area contributed by atoms with Crippen LogP contribution in [0.15, 0.2) is 16.7 Å². The Morgan fingerprint density at radius 3 is 3.07 bits per heavy atom. The quantitative estimate of drug-likeness (QED) is 0.626. The molecule has 2 N–H and O–H groups in total. The van der Waals surface area contributed by atoms with E-state index in [1.807, 2.05) is 0 Å². The molecule has 0 bridgehead atoms. The maximum Gasteiger partial charge on any atom is 0.229 e. The largest absolute Gasteiger partial charge is 0.369 e.